The number of piperidine rings is 1. The molecule has 1 aliphatic heterocycles. The van der Waals surface area contributed by atoms with E-state index in [1.54, 1.807) is 0 Å². The molecule has 1 aliphatic rings. The zero-order chi connectivity index (χ0) is 13.1. The number of imide groups is 1. The molecule has 1 aromatic rings. The van der Waals surface area contributed by atoms with Gasteiger partial charge in [-0.05, 0) is 12.5 Å². The predicted molar refractivity (Wildman–Crippen MR) is 60.7 cm³/mol. The van der Waals surface area contributed by atoms with Gasteiger partial charge in [0.25, 0.3) is 5.69 Å². The first-order chi connectivity index (χ1) is 8.56. The Labute approximate surface area is 102 Å². The SMILES string of the molecule is O=C1CCC(Nc2ccc([N+](=O)[O-])cn2)C(=O)N1. The van der Waals surface area contributed by atoms with Gasteiger partial charge in [0.2, 0.25) is 11.8 Å². The van der Waals surface area contributed by atoms with E-state index in [-0.39, 0.29) is 18.0 Å². The molecule has 2 heterocycles. The molecule has 0 radical (unpaired) electrons. The number of anilines is 1. The van der Waals surface area contributed by atoms with Gasteiger partial charge in [-0.15, -0.1) is 0 Å². The van der Waals surface area contributed by atoms with Crippen LogP contribution in [0.15, 0.2) is 18.3 Å². The van der Waals surface area contributed by atoms with E-state index in [2.05, 4.69) is 15.6 Å². The third-order valence-electron chi connectivity index (χ3n) is 2.52. The van der Waals surface area contributed by atoms with Crippen molar-refractivity contribution in [2.24, 2.45) is 0 Å². The second kappa shape index (κ2) is 4.78. The van der Waals surface area contributed by atoms with Gasteiger partial charge >= 0.3 is 0 Å². The van der Waals surface area contributed by atoms with Crippen molar-refractivity contribution in [2.75, 3.05) is 5.32 Å². The number of amides is 2. The van der Waals surface area contributed by atoms with Crippen LogP contribution in [-0.2, 0) is 9.59 Å². The number of hydrogen-bond acceptors (Lipinski definition) is 6. The Hall–Kier alpha value is -2.51. The fourth-order valence-corrected chi connectivity index (χ4v) is 1.59. The summed E-state index contributed by atoms with van der Waals surface area (Å²) in [5, 5.41) is 15.5. The van der Waals surface area contributed by atoms with Crippen molar-refractivity contribution in [3.05, 3.63) is 28.4 Å². The van der Waals surface area contributed by atoms with E-state index in [1.165, 1.54) is 12.1 Å². The van der Waals surface area contributed by atoms with Crippen molar-refractivity contribution in [3.63, 3.8) is 0 Å². The zero-order valence-electron chi connectivity index (χ0n) is 9.25. The largest absolute Gasteiger partial charge is 0.358 e. The van der Waals surface area contributed by atoms with Crippen molar-refractivity contribution in [1.82, 2.24) is 10.3 Å². The number of hydrogen-bond donors (Lipinski definition) is 2. The molecule has 1 atom stereocenters. The lowest BCUT2D eigenvalue weighted by Gasteiger charge is -2.21. The topological polar surface area (TPSA) is 114 Å². The van der Waals surface area contributed by atoms with Gasteiger partial charge in [-0.3, -0.25) is 25.0 Å². The van der Waals surface area contributed by atoms with Crippen LogP contribution in [0, 0.1) is 10.1 Å². The molecule has 2 rings (SSSR count). The maximum absolute atomic E-state index is 11.5. The summed E-state index contributed by atoms with van der Waals surface area (Å²) in [6.45, 7) is 0. The van der Waals surface area contributed by atoms with Crippen LogP contribution in [0.1, 0.15) is 12.8 Å². The highest BCUT2D eigenvalue weighted by Gasteiger charge is 2.26. The Kier molecular flexibility index (Phi) is 3.18. The second-order valence-corrected chi connectivity index (χ2v) is 3.81. The molecule has 94 valence electrons. The summed E-state index contributed by atoms with van der Waals surface area (Å²) in [7, 11) is 0. The average Bonchev–Trinajstić information content (AvgIpc) is 2.33. The van der Waals surface area contributed by atoms with Gasteiger partial charge in [0, 0.05) is 12.5 Å². The minimum atomic E-state index is -0.553. The molecule has 0 bridgehead atoms. The molecule has 8 nitrogen and oxygen atoms in total. The summed E-state index contributed by atoms with van der Waals surface area (Å²) < 4.78 is 0. The number of carbonyl (C=O) groups excluding carboxylic acids is 2. The van der Waals surface area contributed by atoms with Gasteiger partial charge < -0.3 is 5.32 Å². The molecule has 1 aromatic heterocycles. The minimum Gasteiger partial charge on any atom is -0.358 e. The first-order valence-electron chi connectivity index (χ1n) is 5.27. The summed E-state index contributed by atoms with van der Waals surface area (Å²) in [6, 6.07) is 2.17. The average molecular weight is 250 g/mol. The molecule has 1 unspecified atom stereocenters. The summed E-state index contributed by atoms with van der Waals surface area (Å²) in [6.07, 6.45) is 1.74. The maximum atomic E-state index is 11.5. The highest BCUT2D eigenvalue weighted by molar-refractivity contribution is 6.01. The Morgan fingerprint density at radius 1 is 1.44 bits per heavy atom. The number of carbonyl (C=O) groups is 2. The third-order valence-corrected chi connectivity index (χ3v) is 2.52. The molecule has 18 heavy (non-hydrogen) atoms. The van der Waals surface area contributed by atoms with Crippen LogP contribution in [0.3, 0.4) is 0 Å². The lowest BCUT2D eigenvalue weighted by molar-refractivity contribution is -0.385. The summed E-state index contributed by atoms with van der Waals surface area (Å²) in [5.41, 5.74) is -0.121. The predicted octanol–water partition coefficient (Wildman–Crippen LogP) is 0.207. The molecule has 2 amide bonds. The molecule has 0 aliphatic carbocycles. The lowest BCUT2D eigenvalue weighted by atomic mass is 10.1. The minimum absolute atomic E-state index is 0.121. The number of nitrogens with one attached hydrogen (secondary N) is 2. The Morgan fingerprint density at radius 2 is 2.22 bits per heavy atom. The van der Waals surface area contributed by atoms with Crippen LogP contribution in [0.4, 0.5) is 11.5 Å². The second-order valence-electron chi connectivity index (χ2n) is 3.81. The van der Waals surface area contributed by atoms with Crippen LogP contribution in [0.2, 0.25) is 0 Å². The van der Waals surface area contributed by atoms with E-state index in [9.17, 15) is 19.7 Å². The standard InChI is InChI=1S/C10H10N4O4/c15-9-4-2-7(10(16)13-9)12-8-3-1-6(5-11-8)14(17)18/h1,3,5,7H,2,4H2,(H,11,12)(H,13,15,16). The van der Waals surface area contributed by atoms with E-state index in [0.717, 1.165) is 6.20 Å². The van der Waals surface area contributed by atoms with E-state index < -0.39 is 16.9 Å². The van der Waals surface area contributed by atoms with Gasteiger partial charge in [-0.2, -0.15) is 0 Å². The van der Waals surface area contributed by atoms with Crippen LogP contribution < -0.4 is 10.6 Å². The number of nitrogens with zero attached hydrogens (tertiary/aromatic N) is 2. The van der Waals surface area contributed by atoms with Crippen molar-refractivity contribution < 1.29 is 14.5 Å². The molecule has 1 saturated heterocycles. The van der Waals surface area contributed by atoms with Crippen molar-refractivity contribution in [3.8, 4) is 0 Å². The van der Waals surface area contributed by atoms with Gasteiger partial charge in [0.05, 0.1) is 4.92 Å². The first-order valence-corrected chi connectivity index (χ1v) is 5.27. The van der Waals surface area contributed by atoms with Crippen molar-refractivity contribution in [2.45, 2.75) is 18.9 Å². The molecule has 1 fully saturated rings. The zero-order valence-corrected chi connectivity index (χ0v) is 9.25. The van der Waals surface area contributed by atoms with E-state index in [1.807, 2.05) is 0 Å². The number of pyridine rings is 1. The van der Waals surface area contributed by atoms with Crippen LogP contribution in [-0.4, -0.2) is 27.8 Å². The van der Waals surface area contributed by atoms with Crippen LogP contribution in [0.25, 0.3) is 0 Å². The molecular formula is C10H10N4O4. The Bertz CT molecular complexity index is 499. The van der Waals surface area contributed by atoms with E-state index >= 15 is 0 Å². The van der Waals surface area contributed by atoms with E-state index in [4.69, 9.17) is 0 Å². The summed E-state index contributed by atoms with van der Waals surface area (Å²) in [5.74, 6) is -0.351. The molecule has 0 saturated carbocycles. The molecular weight excluding hydrogens is 240 g/mol. The normalized spacial score (nSPS) is 19.2. The van der Waals surface area contributed by atoms with Gasteiger partial charge in [-0.25, -0.2) is 4.98 Å². The van der Waals surface area contributed by atoms with Gasteiger partial charge in [-0.1, -0.05) is 0 Å². The quantitative estimate of drug-likeness (QED) is 0.450. The van der Waals surface area contributed by atoms with Crippen LogP contribution in [0.5, 0.6) is 0 Å². The Morgan fingerprint density at radius 3 is 2.78 bits per heavy atom. The highest BCUT2D eigenvalue weighted by Crippen LogP contribution is 2.15. The van der Waals surface area contributed by atoms with Crippen molar-refractivity contribution >= 4 is 23.3 Å². The van der Waals surface area contributed by atoms with Gasteiger partial charge in [0.1, 0.15) is 18.1 Å². The fraction of sp³-hybridized carbons (Fsp3) is 0.300. The van der Waals surface area contributed by atoms with Crippen LogP contribution >= 0.6 is 0 Å². The molecule has 8 heteroatoms. The van der Waals surface area contributed by atoms with Gasteiger partial charge in [0.15, 0.2) is 0 Å². The molecule has 0 spiro atoms. The molecule has 2 N–H and O–H groups in total. The number of aromatic nitrogens is 1. The molecule has 0 aromatic carbocycles. The fourth-order valence-electron chi connectivity index (χ4n) is 1.59. The first kappa shape index (κ1) is 12.0. The lowest BCUT2D eigenvalue weighted by Crippen LogP contribution is -2.47. The monoisotopic (exact) mass is 250 g/mol. The maximum Gasteiger partial charge on any atom is 0.287 e. The summed E-state index contributed by atoms with van der Waals surface area (Å²) in [4.78, 5) is 36.1. The smallest absolute Gasteiger partial charge is 0.287 e. The highest BCUT2D eigenvalue weighted by atomic mass is 16.6. The Balaban J connectivity index is 2.03. The third kappa shape index (κ3) is 2.59. The summed E-state index contributed by atoms with van der Waals surface area (Å²) >= 11 is 0. The number of nitro groups is 1. The van der Waals surface area contributed by atoms with Crippen molar-refractivity contribution in [1.29, 1.82) is 0 Å². The number of rotatable bonds is 3. The van der Waals surface area contributed by atoms with E-state index in [0.29, 0.717) is 12.2 Å².